The van der Waals surface area contributed by atoms with Gasteiger partial charge in [-0.2, -0.15) is 0 Å². The lowest BCUT2D eigenvalue weighted by Crippen LogP contribution is -2.30. The van der Waals surface area contributed by atoms with E-state index in [1.807, 2.05) is 0 Å². The van der Waals surface area contributed by atoms with Gasteiger partial charge in [0.15, 0.2) is 6.10 Å². The van der Waals surface area contributed by atoms with E-state index in [9.17, 15) is 17.6 Å². The van der Waals surface area contributed by atoms with Gasteiger partial charge < -0.3 is 10.2 Å². The summed E-state index contributed by atoms with van der Waals surface area (Å²) in [5, 5.41) is 17.4. The summed E-state index contributed by atoms with van der Waals surface area (Å²) in [7, 11) is -3.91. The van der Waals surface area contributed by atoms with Crippen molar-refractivity contribution in [3.8, 4) is 0 Å². The number of aryl methyl sites for hydroxylation is 1. The number of carboxylic acid groups (broad SMARTS) is 1. The monoisotopic (exact) mass is 291 g/mol. The number of hydrogen-bond acceptors (Lipinski definition) is 4. The second-order valence-electron chi connectivity index (χ2n) is 3.95. The Morgan fingerprint density at radius 2 is 2.11 bits per heavy atom. The molecule has 1 aromatic carbocycles. The van der Waals surface area contributed by atoms with E-state index in [4.69, 9.17) is 10.2 Å². The molecule has 0 aliphatic carbocycles. The molecular formula is C11H14FNO5S. The molecule has 0 saturated heterocycles. The molecule has 1 rings (SSSR count). The maximum atomic E-state index is 13.3. The van der Waals surface area contributed by atoms with Crippen molar-refractivity contribution in [2.75, 3.05) is 6.54 Å². The minimum Gasteiger partial charge on any atom is -0.479 e. The Labute approximate surface area is 109 Å². The molecule has 1 aromatic rings. The number of hydrogen-bond donors (Lipinski definition) is 3. The first kappa shape index (κ1) is 15.5. The molecule has 0 fully saturated rings. The van der Waals surface area contributed by atoms with E-state index < -0.39 is 27.9 Å². The molecule has 8 heteroatoms. The normalized spacial score (nSPS) is 13.2. The van der Waals surface area contributed by atoms with Crippen molar-refractivity contribution in [3.63, 3.8) is 0 Å². The third-order valence-corrected chi connectivity index (χ3v) is 3.91. The van der Waals surface area contributed by atoms with E-state index in [0.717, 1.165) is 6.07 Å². The molecule has 19 heavy (non-hydrogen) atoms. The molecule has 1 atom stereocenters. The number of aliphatic carboxylic acids is 1. The van der Waals surface area contributed by atoms with Crippen LogP contribution in [0.2, 0.25) is 0 Å². The molecule has 0 heterocycles. The molecule has 0 spiro atoms. The quantitative estimate of drug-likeness (QED) is 0.697. The lowest BCUT2D eigenvalue weighted by molar-refractivity contribution is -0.146. The summed E-state index contributed by atoms with van der Waals surface area (Å²) >= 11 is 0. The molecule has 0 aliphatic heterocycles. The van der Waals surface area contributed by atoms with Crippen molar-refractivity contribution in [2.24, 2.45) is 0 Å². The molecule has 0 bridgehead atoms. The summed E-state index contributed by atoms with van der Waals surface area (Å²) in [6, 6.07) is 3.45. The summed E-state index contributed by atoms with van der Waals surface area (Å²) in [6.07, 6.45) is -1.92. The van der Waals surface area contributed by atoms with Gasteiger partial charge in [0.2, 0.25) is 10.0 Å². The highest BCUT2D eigenvalue weighted by molar-refractivity contribution is 7.89. The van der Waals surface area contributed by atoms with Gasteiger partial charge in [-0.05, 0) is 31.0 Å². The molecule has 0 unspecified atom stereocenters. The van der Waals surface area contributed by atoms with Crippen LogP contribution in [0.15, 0.2) is 23.1 Å². The number of rotatable bonds is 6. The first-order chi connectivity index (χ1) is 8.74. The smallest absolute Gasteiger partial charge is 0.332 e. The second kappa shape index (κ2) is 6.09. The van der Waals surface area contributed by atoms with Gasteiger partial charge in [-0.3, -0.25) is 0 Å². The van der Waals surface area contributed by atoms with Crippen LogP contribution in [-0.2, 0) is 14.8 Å². The summed E-state index contributed by atoms with van der Waals surface area (Å²) < 4.78 is 38.8. The minimum absolute atomic E-state index is 0.250. The van der Waals surface area contributed by atoms with Crippen molar-refractivity contribution in [2.45, 2.75) is 24.3 Å². The summed E-state index contributed by atoms with van der Waals surface area (Å²) in [5.41, 5.74) is 0.320. The first-order valence-corrected chi connectivity index (χ1v) is 6.89. The van der Waals surface area contributed by atoms with Gasteiger partial charge >= 0.3 is 5.97 Å². The van der Waals surface area contributed by atoms with Crippen LogP contribution in [0.4, 0.5) is 4.39 Å². The van der Waals surface area contributed by atoms with Crippen LogP contribution in [0.25, 0.3) is 0 Å². The summed E-state index contributed by atoms with van der Waals surface area (Å²) in [6.45, 7) is 1.24. The van der Waals surface area contributed by atoms with Gasteiger partial charge in [-0.15, -0.1) is 0 Å². The van der Waals surface area contributed by atoms with E-state index in [1.54, 1.807) is 0 Å². The van der Waals surface area contributed by atoms with Crippen molar-refractivity contribution in [1.82, 2.24) is 4.72 Å². The predicted octanol–water partition coefficient (Wildman–Crippen LogP) is 0.248. The van der Waals surface area contributed by atoms with Crippen molar-refractivity contribution in [1.29, 1.82) is 0 Å². The van der Waals surface area contributed by atoms with Crippen LogP contribution in [-0.4, -0.2) is 37.2 Å². The number of nitrogens with one attached hydrogen (secondary N) is 1. The fraction of sp³-hybridized carbons (Fsp3) is 0.364. The van der Waals surface area contributed by atoms with Gasteiger partial charge in [0.25, 0.3) is 0 Å². The molecule has 3 N–H and O–H groups in total. The van der Waals surface area contributed by atoms with E-state index in [-0.39, 0.29) is 17.9 Å². The topological polar surface area (TPSA) is 104 Å². The van der Waals surface area contributed by atoms with E-state index >= 15 is 0 Å². The highest BCUT2D eigenvalue weighted by atomic mass is 32.2. The Balaban J connectivity index is 2.71. The van der Waals surface area contributed by atoms with Crippen molar-refractivity contribution >= 4 is 16.0 Å². The van der Waals surface area contributed by atoms with Gasteiger partial charge in [0.1, 0.15) is 5.82 Å². The van der Waals surface area contributed by atoms with E-state index in [0.29, 0.717) is 5.56 Å². The van der Waals surface area contributed by atoms with Crippen LogP contribution in [0.5, 0.6) is 0 Å². The maximum absolute atomic E-state index is 13.3. The standard InChI is InChI=1S/C11H14FNO5S/c1-7-2-3-8(6-9(7)12)19(17,18)13-5-4-10(14)11(15)16/h2-3,6,10,13-14H,4-5H2,1H3,(H,15,16)/t10-/m0/s1. The van der Waals surface area contributed by atoms with Crippen LogP contribution in [0.3, 0.4) is 0 Å². The highest BCUT2D eigenvalue weighted by Crippen LogP contribution is 2.13. The molecule has 0 aliphatic rings. The zero-order valence-electron chi connectivity index (χ0n) is 10.1. The van der Waals surface area contributed by atoms with Crippen molar-refractivity contribution < 1.29 is 27.8 Å². The van der Waals surface area contributed by atoms with Crippen LogP contribution in [0, 0.1) is 12.7 Å². The molecule has 6 nitrogen and oxygen atoms in total. The van der Waals surface area contributed by atoms with Gasteiger partial charge in [0.05, 0.1) is 4.90 Å². The summed E-state index contributed by atoms with van der Waals surface area (Å²) in [4.78, 5) is 10.1. The number of benzene rings is 1. The first-order valence-electron chi connectivity index (χ1n) is 5.41. The van der Waals surface area contributed by atoms with Gasteiger partial charge in [0, 0.05) is 6.54 Å². The molecule has 0 radical (unpaired) electrons. The zero-order chi connectivity index (χ0) is 14.6. The Bertz CT molecular complexity index is 572. The molecule has 106 valence electrons. The number of aliphatic hydroxyl groups excluding tert-OH is 1. The Hall–Kier alpha value is -1.51. The fourth-order valence-electron chi connectivity index (χ4n) is 1.28. The van der Waals surface area contributed by atoms with Gasteiger partial charge in [-0.1, -0.05) is 6.07 Å². The Morgan fingerprint density at radius 1 is 1.47 bits per heavy atom. The van der Waals surface area contributed by atoms with Gasteiger partial charge in [-0.25, -0.2) is 22.3 Å². The Kier molecular flexibility index (Phi) is 4.98. The van der Waals surface area contributed by atoms with E-state index in [1.165, 1.54) is 19.1 Å². The van der Waals surface area contributed by atoms with E-state index in [2.05, 4.69) is 4.72 Å². The lowest BCUT2D eigenvalue weighted by atomic mass is 10.2. The number of carboxylic acids is 1. The number of aliphatic hydroxyl groups is 1. The fourth-order valence-corrected chi connectivity index (χ4v) is 2.34. The number of halogens is 1. The second-order valence-corrected chi connectivity index (χ2v) is 5.72. The SMILES string of the molecule is Cc1ccc(S(=O)(=O)NCC[C@H](O)C(=O)O)cc1F. The molecule has 0 amide bonds. The highest BCUT2D eigenvalue weighted by Gasteiger charge is 2.17. The zero-order valence-corrected chi connectivity index (χ0v) is 10.9. The Morgan fingerprint density at radius 3 is 2.63 bits per heavy atom. The van der Waals surface area contributed by atoms with Crippen molar-refractivity contribution in [3.05, 3.63) is 29.6 Å². The maximum Gasteiger partial charge on any atom is 0.332 e. The lowest BCUT2D eigenvalue weighted by Gasteiger charge is -2.09. The average molecular weight is 291 g/mol. The predicted molar refractivity (Wildman–Crippen MR) is 64.6 cm³/mol. The molecule has 0 saturated carbocycles. The number of sulfonamides is 1. The third kappa shape index (κ3) is 4.27. The molecule has 0 aromatic heterocycles. The summed E-state index contributed by atoms with van der Waals surface area (Å²) in [5.74, 6) is -2.07. The van der Waals surface area contributed by atoms with Crippen LogP contribution in [0.1, 0.15) is 12.0 Å². The molecular weight excluding hydrogens is 277 g/mol. The average Bonchev–Trinajstić information content (AvgIpc) is 2.32. The number of carbonyl (C=O) groups is 1. The van der Waals surface area contributed by atoms with Crippen LogP contribution < -0.4 is 4.72 Å². The minimum atomic E-state index is -3.91. The van der Waals surface area contributed by atoms with Crippen LogP contribution >= 0.6 is 0 Å². The third-order valence-electron chi connectivity index (χ3n) is 2.45. The largest absolute Gasteiger partial charge is 0.479 e.